The van der Waals surface area contributed by atoms with Crippen LogP contribution in [-0.2, 0) is 14.3 Å². The lowest BCUT2D eigenvalue weighted by Crippen LogP contribution is -2.48. The minimum atomic E-state index is -0.773. The molecule has 0 saturated heterocycles. The summed E-state index contributed by atoms with van der Waals surface area (Å²) in [6, 6.07) is 12.2. The van der Waals surface area contributed by atoms with Gasteiger partial charge in [-0.25, -0.2) is 0 Å². The number of anilines is 2. The summed E-state index contributed by atoms with van der Waals surface area (Å²) in [4.78, 5) is 28.9. The summed E-state index contributed by atoms with van der Waals surface area (Å²) in [5.41, 5.74) is 6.94. The summed E-state index contributed by atoms with van der Waals surface area (Å²) >= 11 is 0. The van der Waals surface area contributed by atoms with E-state index in [9.17, 15) is 9.59 Å². The number of hydrogen-bond donors (Lipinski definition) is 3. The largest absolute Gasteiger partial charge is 0.496 e. The maximum atomic E-state index is 12.4. The molecule has 9 nitrogen and oxygen atoms in total. The summed E-state index contributed by atoms with van der Waals surface area (Å²) in [6.45, 7) is 4.50. The van der Waals surface area contributed by atoms with Crippen molar-refractivity contribution in [2.75, 3.05) is 31.3 Å². The molecule has 170 valence electrons. The molecular weight excluding hydrogens is 412 g/mol. The van der Waals surface area contributed by atoms with Crippen molar-refractivity contribution >= 4 is 29.6 Å². The molecule has 32 heavy (non-hydrogen) atoms. The number of methoxy groups -OCH3 is 1. The predicted molar refractivity (Wildman–Crippen MR) is 122 cm³/mol. The van der Waals surface area contributed by atoms with Crippen molar-refractivity contribution in [3.8, 4) is 11.5 Å². The lowest BCUT2D eigenvalue weighted by Gasteiger charge is -2.26. The SMILES string of the molecule is COc1cc(NC(=O)C(=O)NC(C)(C)CCOc2cccc(N)c2)ccc1C1CN=CO1. The Bertz CT molecular complexity index is 998. The first-order valence-corrected chi connectivity index (χ1v) is 10.2. The van der Waals surface area contributed by atoms with Gasteiger partial charge in [0.05, 0.1) is 20.3 Å². The Labute approximate surface area is 186 Å². The van der Waals surface area contributed by atoms with Gasteiger partial charge in [0.15, 0.2) is 6.40 Å². The van der Waals surface area contributed by atoms with Crippen LogP contribution >= 0.6 is 0 Å². The molecule has 0 aliphatic carbocycles. The van der Waals surface area contributed by atoms with E-state index in [0.29, 0.717) is 42.4 Å². The normalized spacial score (nSPS) is 15.0. The van der Waals surface area contributed by atoms with Gasteiger partial charge in [0.1, 0.15) is 17.6 Å². The molecule has 0 bridgehead atoms. The van der Waals surface area contributed by atoms with E-state index in [1.54, 1.807) is 42.5 Å². The van der Waals surface area contributed by atoms with Crippen LogP contribution in [0.15, 0.2) is 47.5 Å². The van der Waals surface area contributed by atoms with Crippen LogP contribution in [0.3, 0.4) is 0 Å². The highest BCUT2D eigenvalue weighted by atomic mass is 16.5. The molecular formula is C23H28N4O5. The average Bonchev–Trinajstić information content (AvgIpc) is 3.28. The van der Waals surface area contributed by atoms with Crippen LogP contribution in [0.4, 0.5) is 11.4 Å². The number of nitrogens with one attached hydrogen (secondary N) is 2. The molecule has 2 aromatic rings. The van der Waals surface area contributed by atoms with Crippen LogP contribution in [0.5, 0.6) is 11.5 Å². The van der Waals surface area contributed by atoms with Crippen molar-refractivity contribution in [3.63, 3.8) is 0 Å². The molecule has 0 fully saturated rings. The molecule has 1 unspecified atom stereocenters. The Morgan fingerprint density at radius 1 is 1.22 bits per heavy atom. The van der Waals surface area contributed by atoms with Crippen LogP contribution in [0.25, 0.3) is 0 Å². The van der Waals surface area contributed by atoms with Crippen LogP contribution in [-0.4, -0.2) is 44.0 Å². The average molecular weight is 441 g/mol. The van der Waals surface area contributed by atoms with E-state index in [1.807, 2.05) is 13.8 Å². The third-order valence-corrected chi connectivity index (χ3v) is 4.92. The van der Waals surface area contributed by atoms with E-state index < -0.39 is 17.4 Å². The number of carbonyl (C=O) groups excluding carboxylic acids is 2. The fourth-order valence-electron chi connectivity index (χ4n) is 3.17. The predicted octanol–water partition coefficient (Wildman–Crippen LogP) is 2.68. The number of benzene rings is 2. The molecule has 1 heterocycles. The molecule has 0 saturated carbocycles. The van der Waals surface area contributed by atoms with E-state index in [1.165, 1.54) is 13.5 Å². The van der Waals surface area contributed by atoms with E-state index in [4.69, 9.17) is 19.9 Å². The third-order valence-electron chi connectivity index (χ3n) is 4.92. The van der Waals surface area contributed by atoms with Gasteiger partial charge in [-0.1, -0.05) is 6.07 Å². The molecule has 0 spiro atoms. The Kier molecular flexibility index (Phi) is 7.19. The molecule has 2 amide bonds. The monoisotopic (exact) mass is 440 g/mol. The van der Waals surface area contributed by atoms with Gasteiger partial charge in [-0.2, -0.15) is 0 Å². The maximum absolute atomic E-state index is 12.4. The topological polar surface area (TPSA) is 124 Å². The quantitative estimate of drug-likeness (QED) is 0.428. The molecule has 3 rings (SSSR count). The van der Waals surface area contributed by atoms with Crippen molar-refractivity contribution in [1.29, 1.82) is 0 Å². The highest BCUT2D eigenvalue weighted by Gasteiger charge is 2.25. The molecule has 1 atom stereocenters. The molecule has 0 radical (unpaired) electrons. The molecule has 1 aliphatic heterocycles. The van der Waals surface area contributed by atoms with Crippen molar-refractivity contribution in [1.82, 2.24) is 5.32 Å². The van der Waals surface area contributed by atoms with Gasteiger partial charge in [-0.15, -0.1) is 0 Å². The molecule has 4 N–H and O–H groups in total. The van der Waals surface area contributed by atoms with Crippen molar-refractivity contribution in [2.24, 2.45) is 4.99 Å². The third kappa shape index (κ3) is 6.13. The standard InChI is InChI=1S/C23H28N4O5/c1-23(2,9-10-31-17-6-4-5-15(24)11-17)27-22(29)21(28)26-16-7-8-18(19(12-16)30-3)20-13-25-14-32-20/h4-8,11-12,14,20H,9-10,13,24H2,1-3H3,(H,26,28)(H,27,29). The second kappa shape index (κ2) is 10.0. The molecule has 1 aliphatic rings. The number of nitrogens with zero attached hydrogens (tertiary/aromatic N) is 1. The molecule has 9 heteroatoms. The van der Waals surface area contributed by atoms with E-state index in [0.717, 1.165) is 5.56 Å². The first-order chi connectivity index (χ1) is 15.3. The van der Waals surface area contributed by atoms with Crippen molar-refractivity contribution in [2.45, 2.75) is 31.9 Å². The summed E-state index contributed by atoms with van der Waals surface area (Å²) in [7, 11) is 1.53. The van der Waals surface area contributed by atoms with Gasteiger partial charge in [0, 0.05) is 41.0 Å². The number of ether oxygens (including phenoxy) is 3. The fraction of sp³-hybridized carbons (Fsp3) is 0.348. The summed E-state index contributed by atoms with van der Waals surface area (Å²) in [5, 5.41) is 5.33. The Morgan fingerprint density at radius 3 is 2.72 bits per heavy atom. The Hall–Kier alpha value is -3.75. The summed E-state index contributed by atoms with van der Waals surface area (Å²) in [5.74, 6) is -0.325. The number of nitrogen functional groups attached to an aromatic ring is 1. The second-order valence-corrected chi connectivity index (χ2v) is 8.02. The highest BCUT2D eigenvalue weighted by Crippen LogP contribution is 2.32. The Morgan fingerprint density at radius 2 is 2.03 bits per heavy atom. The van der Waals surface area contributed by atoms with Crippen LogP contribution in [0.1, 0.15) is 31.9 Å². The van der Waals surface area contributed by atoms with E-state index in [2.05, 4.69) is 15.6 Å². The first kappa shape index (κ1) is 22.9. The van der Waals surface area contributed by atoms with Gasteiger partial charge >= 0.3 is 11.8 Å². The maximum Gasteiger partial charge on any atom is 0.313 e. The number of rotatable bonds is 8. The highest BCUT2D eigenvalue weighted by molar-refractivity contribution is 6.39. The van der Waals surface area contributed by atoms with E-state index >= 15 is 0 Å². The summed E-state index contributed by atoms with van der Waals surface area (Å²) < 4.78 is 16.5. The van der Waals surface area contributed by atoms with E-state index in [-0.39, 0.29) is 6.10 Å². The lowest BCUT2D eigenvalue weighted by atomic mass is 10.0. The van der Waals surface area contributed by atoms with Crippen LogP contribution in [0.2, 0.25) is 0 Å². The zero-order chi connectivity index (χ0) is 23.1. The summed E-state index contributed by atoms with van der Waals surface area (Å²) in [6.07, 6.45) is 1.67. The fourth-order valence-corrected chi connectivity index (χ4v) is 3.17. The minimum absolute atomic E-state index is 0.228. The van der Waals surface area contributed by atoms with Crippen molar-refractivity contribution < 1.29 is 23.8 Å². The second-order valence-electron chi connectivity index (χ2n) is 8.02. The zero-order valence-corrected chi connectivity index (χ0v) is 18.4. The van der Waals surface area contributed by atoms with Crippen LogP contribution < -0.4 is 25.8 Å². The Balaban J connectivity index is 1.52. The van der Waals surface area contributed by atoms with Gasteiger partial charge < -0.3 is 30.6 Å². The lowest BCUT2D eigenvalue weighted by molar-refractivity contribution is -0.137. The molecule has 0 aromatic heterocycles. The number of carbonyl (C=O) groups is 2. The first-order valence-electron chi connectivity index (χ1n) is 10.2. The smallest absolute Gasteiger partial charge is 0.313 e. The van der Waals surface area contributed by atoms with Crippen LogP contribution in [0, 0.1) is 0 Å². The number of nitrogens with two attached hydrogens (primary N) is 1. The van der Waals surface area contributed by atoms with Gasteiger partial charge in [0.2, 0.25) is 0 Å². The zero-order valence-electron chi connectivity index (χ0n) is 18.4. The number of hydrogen-bond acceptors (Lipinski definition) is 7. The number of aliphatic imine (C=N–C) groups is 1. The van der Waals surface area contributed by atoms with Gasteiger partial charge in [-0.05, 0) is 38.1 Å². The van der Waals surface area contributed by atoms with Crippen molar-refractivity contribution in [3.05, 3.63) is 48.0 Å². The molecule has 2 aromatic carbocycles. The van der Waals surface area contributed by atoms with Gasteiger partial charge in [0.25, 0.3) is 0 Å². The van der Waals surface area contributed by atoms with Gasteiger partial charge in [-0.3, -0.25) is 14.6 Å². The number of amides is 2. The minimum Gasteiger partial charge on any atom is -0.496 e.